The maximum absolute atomic E-state index is 12.4. The van der Waals surface area contributed by atoms with Crippen LogP contribution in [0.1, 0.15) is 11.4 Å². The summed E-state index contributed by atoms with van der Waals surface area (Å²) in [7, 11) is 0. The molecule has 0 spiro atoms. The topological polar surface area (TPSA) is 72.2 Å². The van der Waals surface area contributed by atoms with Crippen molar-refractivity contribution in [3.05, 3.63) is 64.9 Å². The number of fused-ring (bicyclic) bond motifs is 1. The van der Waals surface area contributed by atoms with Gasteiger partial charge in [-0.2, -0.15) is 9.61 Å². The normalized spacial score (nSPS) is 11.0. The third-order valence-corrected chi connectivity index (χ3v) is 5.04. The van der Waals surface area contributed by atoms with Gasteiger partial charge in [-0.15, -0.1) is 10.2 Å². The Kier molecular flexibility index (Phi) is 4.40. The van der Waals surface area contributed by atoms with E-state index in [0.717, 1.165) is 26.9 Å². The van der Waals surface area contributed by atoms with Crippen molar-refractivity contribution >= 4 is 39.5 Å². The minimum absolute atomic E-state index is 0.0982. The number of anilines is 1. The van der Waals surface area contributed by atoms with Crippen molar-refractivity contribution in [1.82, 2.24) is 19.8 Å². The van der Waals surface area contributed by atoms with Gasteiger partial charge in [-0.3, -0.25) is 4.79 Å². The SMILES string of the molecule is Cc1nnc2sc(-c3ccccc3NC(=O)Cc3ccc(Cl)cc3)nn12. The van der Waals surface area contributed by atoms with E-state index in [-0.39, 0.29) is 12.3 Å². The van der Waals surface area contributed by atoms with Crippen LogP contribution in [0.2, 0.25) is 5.02 Å². The molecule has 6 nitrogen and oxygen atoms in total. The first-order chi connectivity index (χ1) is 12.6. The molecule has 0 saturated carbocycles. The molecule has 1 N–H and O–H groups in total. The Hall–Kier alpha value is -2.77. The molecule has 2 aromatic carbocycles. The first kappa shape index (κ1) is 16.7. The Morgan fingerprint density at radius 1 is 1.15 bits per heavy atom. The number of halogens is 1. The highest BCUT2D eigenvalue weighted by Gasteiger charge is 2.15. The van der Waals surface area contributed by atoms with Crippen LogP contribution < -0.4 is 5.32 Å². The molecule has 0 atom stereocenters. The highest BCUT2D eigenvalue weighted by Crippen LogP contribution is 2.31. The molecule has 0 aliphatic rings. The summed E-state index contributed by atoms with van der Waals surface area (Å²) in [6.07, 6.45) is 0.274. The Bertz CT molecular complexity index is 1090. The van der Waals surface area contributed by atoms with Crippen LogP contribution in [-0.4, -0.2) is 25.7 Å². The fourth-order valence-electron chi connectivity index (χ4n) is 2.58. The lowest BCUT2D eigenvalue weighted by molar-refractivity contribution is -0.115. The predicted octanol–water partition coefficient (Wildman–Crippen LogP) is 4.00. The fourth-order valence-corrected chi connectivity index (χ4v) is 3.63. The van der Waals surface area contributed by atoms with Crippen molar-refractivity contribution < 1.29 is 4.79 Å². The molecule has 0 fully saturated rings. The number of nitrogens with zero attached hydrogens (tertiary/aromatic N) is 4. The number of hydrogen-bond donors (Lipinski definition) is 1. The summed E-state index contributed by atoms with van der Waals surface area (Å²) in [6.45, 7) is 1.85. The van der Waals surface area contributed by atoms with E-state index in [1.54, 1.807) is 16.6 Å². The van der Waals surface area contributed by atoms with Gasteiger partial charge in [0.1, 0.15) is 5.01 Å². The maximum Gasteiger partial charge on any atom is 0.234 e. The number of carbonyl (C=O) groups is 1. The summed E-state index contributed by atoms with van der Waals surface area (Å²) in [5.74, 6) is 0.630. The summed E-state index contributed by atoms with van der Waals surface area (Å²) in [5.41, 5.74) is 2.47. The Balaban J connectivity index is 1.59. The van der Waals surface area contributed by atoms with E-state index in [1.165, 1.54) is 11.3 Å². The number of para-hydroxylation sites is 1. The van der Waals surface area contributed by atoms with Gasteiger partial charge in [0.25, 0.3) is 0 Å². The largest absolute Gasteiger partial charge is 0.325 e. The Labute approximate surface area is 158 Å². The fraction of sp³-hybridized carbons (Fsp3) is 0.111. The van der Waals surface area contributed by atoms with E-state index < -0.39 is 0 Å². The molecule has 4 rings (SSSR count). The molecular weight excluding hydrogens is 370 g/mol. The molecule has 1 amide bonds. The third-order valence-electron chi connectivity index (χ3n) is 3.86. The van der Waals surface area contributed by atoms with Gasteiger partial charge in [-0.25, -0.2) is 0 Å². The van der Waals surface area contributed by atoms with Gasteiger partial charge < -0.3 is 5.32 Å². The molecule has 0 radical (unpaired) electrons. The van der Waals surface area contributed by atoms with Crippen molar-refractivity contribution in [2.75, 3.05) is 5.32 Å². The molecule has 0 aliphatic heterocycles. The smallest absolute Gasteiger partial charge is 0.234 e. The van der Waals surface area contributed by atoms with Crippen LogP contribution in [0.5, 0.6) is 0 Å². The molecule has 2 aromatic heterocycles. The average Bonchev–Trinajstić information content (AvgIpc) is 3.20. The number of amides is 1. The minimum atomic E-state index is -0.0982. The summed E-state index contributed by atoms with van der Waals surface area (Å²) in [5, 5.41) is 17.0. The lowest BCUT2D eigenvalue weighted by Crippen LogP contribution is -2.15. The van der Waals surface area contributed by atoms with Crippen LogP contribution in [-0.2, 0) is 11.2 Å². The first-order valence-electron chi connectivity index (χ1n) is 7.93. The number of nitrogens with one attached hydrogen (secondary N) is 1. The number of rotatable bonds is 4. The molecule has 0 saturated heterocycles. The van der Waals surface area contributed by atoms with Crippen LogP contribution in [0, 0.1) is 6.92 Å². The maximum atomic E-state index is 12.4. The van der Waals surface area contributed by atoms with Gasteiger partial charge in [-0.1, -0.05) is 47.2 Å². The average molecular weight is 384 g/mol. The van der Waals surface area contributed by atoms with Crippen LogP contribution in [0.25, 0.3) is 15.5 Å². The molecule has 130 valence electrons. The van der Waals surface area contributed by atoms with E-state index in [9.17, 15) is 4.79 Å². The van der Waals surface area contributed by atoms with Crippen molar-refractivity contribution in [3.8, 4) is 10.6 Å². The monoisotopic (exact) mass is 383 g/mol. The molecule has 26 heavy (non-hydrogen) atoms. The zero-order valence-electron chi connectivity index (χ0n) is 13.8. The zero-order valence-corrected chi connectivity index (χ0v) is 15.4. The second-order valence-corrected chi connectivity index (χ2v) is 7.14. The van der Waals surface area contributed by atoms with Gasteiger partial charge in [0.2, 0.25) is 10.9 Å². The first-order valence-corrected chi connectivity index (χ1v) is 9.12. The molecular formula is C18H14ClN5OS. The Morgan fingerprint density at radius 3 is 2.69 bits per heavy atom. The molecule has 0 unspecified atom stereocenters. The second-order valence-electron chi connectivity index (χ2n) is 5.75. The van der Waals surface area contributed by atoms with Crippen molar-refractivity contribution in [2.45, 2.75) is 13.3 Å². The molecule has 4 aromatic rings. The van der Waals surface area contributed by atoms with E-state index in [4.69, 9.17) is 11.6 Å². The highest BCUT2D eigenvalue weighted by molar-refractivity contribution is 7.19. The molecule has 2 heterocycles. The molecule has 0 aliphatic carbocycles. The summed E-state index contributed by atoms with van der Waals surface area (Å²) >= 11 is 7.31. The predicted molar refractivity (Wildman–Crippen MR) is 103 cm³/mol. The second kappa shape index (κ2) is 6.86. The summed E-state index contributed by atoms with van der Waals surface area (Å²) < 4.78 is 1.70. The minimum Gasteiger partial charge on any atom is -0.325 e. The van der Waals surface area contributed by atoms with Gasteiger partial charge in [-0.05, 0) is 36.8 Å². The quantitative estimate of drug-likeness (QED) is 0.578. The number of aromatic nitrogens is 4. The van der Waals surface area contributed by atoms with Crippen molar-refractivity contribution in [3.63, 3.8) is 0 Å². The van der Waals surface area contributed by atoms with Gasteiger partial charge in [0.05, 0.1) is 12.1 Å². The molecule has 8 heteroatoms. The van der Waals surface area contributed by atoms with Crippen molar-refractivity contribution in [2.24, 2.45) is 0 Å². The summed E-state index contributed by atoms with van der Waals surface area (Å²) in [4.78, 5) is 13.2. The molecule has 0 bridgehead atoms. The van der Waals surface area contributed by atoms with E-state index in [0.29, 0.717) is 10.7 Å². The van der Waals surface area contributed by atoms with E-state index in [2.05, 4.69) is 20.6 Å². The van der Waals surface area contributed by atoms with Crippen LogP contribution in [0.4, 0.5) is 5.69 Å². The van der Waals surface area contributed by atoms with Crippen LogP contribution >= 0.6 is 22.9 Å². The van der Waals surface area contributed by atoms with E-state index in [1.807, 2.05) is 43.3 Å². The third kappa shape index (κ3) is 3.31. The lowest BCUT2D eigenvalue weighted by Gasteiger charge is -2.09. The van der Waals surface area contributed by atoms with Gasteiger partial charge in [0.15, 0.2) is 5.82 Å². The standard InChI is InChI=1S/C18H14ClN5OS/c1-11-21-22-18-24(11)23-17(26-18)14-4-2-3-5-15(14)20-16(25)10-12-6-8-13(19)9-7-12/h2-9H,10H2,1H3,(H,20,25). The van der Waals surface area contributed by atoms with Crippen LogP contribution in [0.3, 0.4) is 0 Å². The van der Waals surface area contributed by atoms with Crippen LogP contribution in [0.15, 0.2) is 48.5 Å². The number of carbonyl (C=O) groups excluding carboxylic acids is 1. The van der Waals surface area contributed by atoms with E-state index >= 15 is 0 Å². The highest BCUT2D eigenvalue weighted by atomic mass is 35.5. The summed E-state index contributed by atoms with van der Waals surface area (Å²) in [6, 6.07) is 14.8. The number of aryl methyl sites for hydroxylation is 1. The van der Waals surface area contributed by atoms with Crippen molar-refractivity contribution in [1.29, 1.82) is 0 Å². The Morgan fingerprint density at radius 2 is 1.92 bits per heavy atom. The number of benzene rings is 2. The van der Waals surface area contributed by atoms with Gasteiger partial charge in [0, 0.05) is 10.6 Å². The zero-order chi connectivity index (χ0) is 18.1. The number of hydrogen-bond acceptors (Lipinski definition) is 5. The lowest BCUT2D eigenvalue weighted by atomic mass is 10.1. The van der Waals surface area contributed by atoms with Gasteiger partial charge >= 0.3 is 0 Å².